The Bertz CT molecular complexity index is 92.7. The van der Waals surface area contributed by atoms with Gasteiger partial charge in [-0.1, -0.05) is 25.5 Å². The number of hydrogen-bond acceptors (Lipinski definition) is 1. The van der Waals surface area contributed by atoms with E-state index in [1.165, 1.54) is 6.42 Å². The third kappa shape index (κ3) is 7.28. The van der Waals surface area contributed by atoms with Crippen molar-refractivity contribution in [2.45, 2.75) is 26.2 Å². The van der Waals surface area contributed by atoms with Gasteiger partial charge in [-0.15, -0.1) is 0 Å². The third-order valence-electron chi connectivity index (χ3n) is 1.000. The van der Waals surface area contributed by atoms with E-state index in [9.17, 15) is 0 Å². The molecule has 0 saturated carbocycles. The normalized spacial score (nSPS) is 11.7. The van der Waals surface area contributed by atoms with E-state index >= 15 is 0 Å². The van der Waals surface area contributed by atoms with Crippen molar-refractivity contribution < 1.29 is 5.11 Å². The number of aliphatic hydroxyl groups is 1. The van der Waals surface area contributed by atoms with Gasteiger partial charge in [-0.05, 0) is 18.9 Å². The summed E-state index contributed by atoms with van der Waals surface area (Å²) in [5, 5.41) is 8.21. The number of aliphatic hydroxyl groups excluding tert-OH is 1. The number of rotatable bonds is 4. The van der Waals surface area contributed by atoms with Crippen molar-refractivity contribution in [3.05, 3.63) is 24.5 Å². The van der Waals surface area contributed by atoms with Crippen molar-refractivity contribution in [2.24, 2.45) is 0 Å². The van der Waals surface area contributed by atoms with E-state index in [-0.39, 0.29) is 0 Å². The topological polar surface area (TPSA) is 20.2 Å². The van der Waals surface area contributed by atoms with E-state index in [0.29, 0.717) is 0 Å². The van der Waals surface area contributed by atoms with Crippen molar-refractivity contribution in [1.29, 1.82) is 0 Å². The van der Waals surface area contributed by atoms with Crippen LogP contribution < -0.4 is 0 Å². The molecule has 0 aromatic carbocycles. The lowest BCUT2D eigenvalue weighted by Gasteiger charge is -1.81. The van der Waals surface area contributed by atoms with Gasteiger partial charge in [0.2, 0.25) is 0 Å². The molecule has 0 aromatic heterocycles. The Morgan fingerprint density at radius 3 is 2.56 bits per heavy atom. The Balaban J connectivity index is 3.04. The van der Waals surface area contributed by atoms with E-state index in [0.717, 1.165) is 19.1 Å². The average molecular weight is 126 g/mol. The van der Waals surface area contributed by atoms with E-state index in [2.05, 4.69) is 19.1 Å². The average Bonchev–Trinajstić information content (AvgIpc) is 1.89. The lowest BCUT2D eigenvalue weighted by atomic mass is 10.3. The minimum absolute atomic E-state index is 0.844. The van der Waals surface area contributed by atoms with E-state index < -0.39 is 0 Å². The molecule has 0 heterocycles. The Kier molecular flexibility index (Phi) is 6.70. The molecule has 0 atom stereocenters. The highest BCUT2D eigenvalue weighted by molar-refractivity contribution is 4.89. The van der Waals surface area contributed by atoms with Gasteiger partial charge in [0.05, 0.1) is 6.26 Å². The molecule has 0 aliphatic heterocycles. The molecule has 0 unspecified atom stereocenters. The molecule has 9 heavy (non-hydrogen) atoms. The van der Waals surface area contributed by atoms with E-state index in [1.54, 1.807) is 6.08 Å². The highest BCUT2D eigenvalue weighted by Gasteiger charge is 1.71. The minimum Gasteiger partial charge on any atom is -0.516 e. The van der Waals surface area contributed by atoms with Crippen molar-refractivity contribution in [3.8, 4) is 0 Å². The standard InChI is InChI=1S/C8H14O/c1-2-3-4-5-6-7-8-9/h4-5,7-9H,2-3,6H2,1H3/b5-4?,8-7+. The Morgan fingerprint density at radius 2 is 2.00 bits per heavy atom. The molecule has 0 bridgehead atoms. The quantitative estimate of drug-likeness (QED) is 0.453. The molecular formula is C8H14O. The largest absolute Gasteiger partial charge is 0.516 e. The first-order chi connectivity index (χ1) is 4.41. The molecule has 1 N–H and O–H groups in total. The van der Waals surface area contributed by atoms with Crippen LogP contribution in [0.25, 0.3) is 0 Å². The van der Waals surface area contributed by atoms with Gasteiger partial charge in [0, 0.05) is 0 Å². The molecule has 0 radical (unpaired) electrons. The van der Waals surface area contributed by atoms with Gasteiger partial charge in [-0.25, -0.2) is 0 Å². The van der Waals surface area contributed by atoms with Crippen LogP contribution >= 0.6 is 0 Å². The van der Waals surface area contributed by atoms with Gasteiger partial charge in [0.1, 0.15) is 0 Å². The van der Waals surface area contributed by atoms with Gasteiger partial charge in [-0.3, -0.25) is 0 Å². The predicted octanol–water partition coefficient (Wildman–Crippen LogP) is 2.80. The zero-order valence-electron chi connectivity index (χ0n) is 5.88. The SMILES string of the molecule is CCCC=CC/C=C/O. The van der Waals surface area contributed by atoms with Crippen LogP contribution in [0.5, 0.6) is 0 Å². The monoisotopic (exact) mass is 126 g/mol. The van der Waals surface area contributed by atoms with Gasteiger partial charge in [0.15, 0.2) is 0 Å². The molecule has 0 amide bonds. The number of allylic oxidation sites excluding steroid dienone is 3. The number of hydrogen-bond donors (Lipinski definition) is 1. The zero-order valence-corrected chi connectivity index (χ0v) is 5.88. The molecule has 0 fully saturated rings. The fourth-order valence-corrected chi connectivity index (χ4v) is 0.520. The minimum atomic E-state index is 0.844. The Morgan fingerprint density at radius 1 is 1.22 bits per heavy atom. The summed E-state index contributed by atoms with van der Waals surface area (Å²) >= 11 is 0. The highest BCUT2D eigenvalue weighted by Crippen LogP contribution is 1.91. The maximum absolute atomic E-state index is 8.21. The molecule has 0 aromatic rings. The highest BCUT2D eigenvalue weighted by atomic mass is 16.2. The Labute approximate surface area is 56.7 Å². The van der Waals surface area contributed by atoms with Crippen LogP contribution in [0, 0.1) is 0 Å². The van der Waals surface area contributed by atoms with Crippen LogP contribution in [0.1, 0.15) is 26.2 Å². The first-order valence-electron chi connectivity index (χ1n) is 3.36. The van der Waals surface area contributed by atoms with Crippen molar-refractivity contribution in [3.63, 3.8) is 0 Å². The molecule has 52 valence electrons. The molecule has 1 heteroatoms. The molecule has 0 saturated heterocycles. The van der Waals surface area contributed by atoms with Crippen LogP contribution in [-0.4, -0.2) is 5.11 Å². The van der Waals surface area contributed by atoms with Gasteiger partial charge >= 0.3 is 0 Å². The summed E-state index contributed by atoms with van der Waals surface area (Å²) in [6.45, 7) is 2.15. The summed E-state index contributed by atoms with van der Waals surface area (Å²) in [6.07, 6.45) is 10.1. The van der Waals surface area contributed by atoms with Gasteiger partial charge < -0.3 is 5.11 Å². The maximum atomic E-state index is 8.21. The fourth-order valence-electron chi connectivity index (χ4n) is 0.520. The van der Waals surface area contributed by atoms with Crippen LogP contribution in [0.15, 0.2) is 24.5 Å². The zero-order chi connectivity index (χ0) is 6.95. The fraction of sp³-hybridized carbons (Fsp3) is 0.500. The van der Waals surface area contributed by atoms with E-state index in [1.807, 2.05) is 0 Å². The summed E-state index contributed by atoms with van der Waals surface area (Å²) in [7, 11) is 0. The van der Waals surface area contributed by atoms with E-state index in [4.69, 9.17) is 5.11 Å². The molecule has 0 aliphatic rings. The van der Waals surface area contributed by atoms with Crippen LogP contribution in [-0.2, 0) is 0 Å². The summed E-state index contributed by atoms with van der Waals surface area (Å²) in [5.74, 6) is 0. The predicted molar refractivity (Wildman–Crippen MR) is 40.4 cm³/mol. The molecule has 0 aliphatic carbocycles. The second kappa shape index (κ2) is 7.28. The second-order valence-electron chi connectivity index (χ2n) is 1.88. The second-order valence-corrected chi connectivity index (χ2v) is 1.88. The Hall–Kier alpha value is -0.720. The summed E-state index contributed by atoms with van der Waals surface area (Å²) < 4.78 is 0. The molecular weight excluding hydrogens is 112 g/mol. The van der Waals surface area contributed by atoms with Crippen LogP contribution in [0.2, 0.25) is 0 Å². The maximum Gasteiger partial charge on any atom is 0.0754 e. The summed E-state index contributed by atoms with van der Waals surface area (Å²) in [5.41, 5.74) is 0. The van der Waals surface area contributed by atoms with Crippen LogP contribution in [0.3, 0.4) is 0 Å². The van der Waals surface area contributed by atoms with Crippen molar-refractivity contribution >= 4 is 0 Å². The van der Waals surface area contributed by atoms with Gasteiger partial charge in [-0.2, -0.15) is 0 Å². The lowest BCUT2D eigenvalue weighted by Crippen LogP contribution is -1.61. The van der Waals surface area contributed by atoms with Crippen LogP contribution in [0.4, 0.5) is 0 Å². The lowest BCUT2D eigenvalue weighted by molar-refractivity contribution is 0.471. The third-order valence-corrected chi connectivity index (χ3v) is 1.000. The van der Waals surface area contributed by atoms with Crippen molar-refractivity contribution in [2.75, 3.05) is 0 Å². The number of unbranched alkanes of at least 4 members (excludes halogenated alkanes) is 1. The summed E-state index contributed by atoms with van der Waals surface area (Å²) in [4.78, 5) is 0. The van der Waals surface area contributed by atoms with Crippen molar-refractivity contribution in [1.82, 2.24) is 0 Å². The molecule has 1 nitrogen and oxygen atoms in total. The smallest absolute Gasteiger partial charge is 0.0754 e. The van der Waals surface area contributed by atoms with Gasteiger partial charge in [0.25, 0.3) is 0 Å². The first kappa shape index (κ1) is 8.28. The first-order valence-corrected chi connectivity index (χ1v) is 3.36. The summed E-state index contributed by atoms with van der Waals surface area (Å²) in [6, 6.07) is 0. The molecule has 0 spiro atoms. The molecule has 0 rings (SSSR count).